The highest BCUT2D eigenvalue weighted by molar-refractivity contribution is 5.85. The molecule has 3 aromatic carbocycles. The lowest BCUT2D eigenvalue weighted by atomic mass is 10.00. The van der Waals surface area contributed by atoms with Crippen LogP contribution in [0.25, 0.3) is 0 Å². The number of carbonyl (C=O) groups is 1. The van der Waals surface area contributed by atoms with Crippen LogP contribution in [-0.4, -0.2) is 41.9 Å². The van der Waals surface area contributed by atoms with E-state index < -0.39 is 0 Å². The lowest BCUT2D eigenvalue weighted by Crippen LogP contribution is -2.47. The zero-order chi connectivity index (χ0) is 23.0. The fourth-order valence-electron chi connectivity index (χ4n) is 4.56. The molecule has 0 spiro atoms. The lowest BCUT2D eigenvalue weighted by molar-refractivity contribution is -0.134. The molecule has 0 radical (unpaired) electrons. The number of methoxy groups -OCH3 is 1. The fourth-order valence-corrected chi connectivity index (χ4v) is 4.56. The first kappa shape index (κ1) is 25.8. The normalized spacial score (nSPS) is 14.3. The minimum Gasteiger partial charge on any atom is -0.497 e. The molecule has 0 N–H and O–H groups in total. The average molecular weight is 479 g/mol. The topological polar surface area (TPSA) is 32.8 Å². The lowest BCUT2D eigenvalue weighted by Gasteiger charge is -2.39. The van der Waals surface area contributed by atoms with Gasteiger partial charge in [-0.25, -0.2) is 0 Å². The molecule has 4 nitrogen and oxygen atoms in total. The van der Waals surface area contributed by atoms with E-state index in [9.17, 15) is 4.79 Å². The van der Waals surface area contributed by atoms with Crippen LogP contribution >= 0.6 is 12.4 Å². The Morgan fingerprint density at radius 1 is 0.882 bits per heavy atom. The molecule has 0 atom stereocenters. The number of halogens is 1. The maximum Gasteiger partial charge on any atom is 0.227 e. The van der Waals surface area contributed by atoms with E-state index in [2.05, 4.69) is 71.3 Å². The first-order valence-corrected chi connectivity index (χ1v) is 11.8. The molecule has 3 aromatic rings. The number of ether oxygens (including phenoxy) is 1. The Bertz CT molecular complexity index is 1010. The third-order valence-electron chi connectivity index (χ3n) is 6.56. The number of rotatable bonds is 8. The smallest absolute Gasteiger partial charge is 0.227 e. The van der Waals surface area contributed by atoms with Gasteiger partial charge in [-0.3, -0.25) is 9.69 Å². The molecular formula is C29H35ClN2O2. The summed E-state index contributed by atoms with van der Waals surface area (Å²) >= 11 is 0. The predicted molar refractivity (Wildman–Crippen MR) is 140 cm³/mol. The molecule has 0 aromatic heterocycles. The summed E-state index contributed by atoms with van der Waals surface area (Å²) < 4.78 is 5.26. The number of nitrogens with zero attached hydrogens (tertiary/aromatic N) is 2. The zero-order valence-electron chi connectivity index (χ0n) is 20.2. The SMILES string of the molecule is COc1ccc(CC(=O)N(Cc2ccc(C)cc2)C2CCN(Cc3ccccc3)CC2)cc1.Cl. The van der Waals surface area contributed by atoms with Gasteiger partial charge in [0.1, 0.15) is 5.75 Å². The summed E-state index contributed by atoms with van der Waals surface area (Å²) in [5.74, 6) is 1.01. The second-order valence-corrected chi connectivity index (χ2v) is 9.03. The van der Waals surface area contributed by atoms with Crippen LogP contribution in [-0.2, 0) is 24.3 Å². The molecule has 0 unspecified atom stereocenters. The number of aryl methyl sites for hydroxylation is 1. The minimum absolute atomic E-state index is 0. The van der Waals surface area contributed by atoms with Crippen molar-refractivity contribution in [3.05, 3.63) is 101 Å². The van der Waals surface area contributed by atoms with Gasteiger partial charge in [-0.2, -0.15) is 0 Å². The molecular weight excluding hydrogens is 444 g/mol. The summed E-state index contributed by atoms with van der Waals surface area (Å²) in [5, 5.41) is 0. The summed E-state index contributed by atoms with van der Waals surface area (Å²) in [7, 11) is 1.66. The van der Waals surface area contributed by atoms with Crippen molar-refractivity contribution in [3.63, 3.8) is 0 Å². The molecule has 1 amide bonds. The van der Waals surface area contributed by atoms with Crippen molar-refractivity contribution in [1.82, 2.24) is 9.80 Å². The summed E-state index contributed by atoms with van der Waals surface area (Å²) in [4.78, 5) is 18.1. The Morgan fingerprint density at radius 2 is 1.50 bits per heavy atom. The number of amides is 1. The number of benzene rings is 3. The van der Waals surface area contributed by atoms with Gasteiger partial charge in [-0.1, -0.05) is 72.3 Å². The largest absolute Gasteiger partial charge is 0.497 e. The second-order valence-electron chi connectivity index (χ2n) is 9.03. The number of hydrogen-bond acceptors (Lipinski definition) is 3. The van der Waals surface area contributed by atoms with Gasteiger partial charge < -0.3 is 9.64 Å². The molecule has 180 valence electrons. The van der Waals surface area contributed by atoms with Crippen LogP contribution in [0.15, 0.2) is 78.9 Å². The molecule has 1 fully saturated rings. The molecule has 1 aliphatic heterocycles. The molecule has 1 saturated heterocycles. The fraction of sp³-hybridized carbons (Fsp3) is 0.345. The minimum atomic E-state index is 0. The van der Waals surface area contributed by atoms with Crippen molar-refractivity contribution in [2.45, 2.75) is 45.3 Å². The van der Waals surface area contributed by atoms with Gasteiger partial charge in [0.15, 0.2) is 0 Å². The van der Waals surface area contributed by atoms with Crippen molar-refractivity contribution < 1.29 is 9.53 Å². The van der Waals surface area contributed by atoms with E-state index in [1.165, 1.54) is 16.7 Å². The van der Waals surface area contributed by atoms with Gasteiger partial charge in [0.25, 0.3) is 0 Å². The summed E-state index contributed by atoms with van der Waals surface area (Å²) in [6.07, 6.45) is 2.43. The van der Waals surface area contributed by atoms with Crippen LogP contribution in [0.5, 0.6) is 5.75 Å². The van der Waals surface area contributed by atoms with Crippen molar-refractivity contribution in [1.29, 1.82) is 0 Å². The second kappa shape index (κ2) is 12.6. The number of piperidine rings is 1. The van der Waals surface area contributed by atoms with Gasteiger partial charge in [-0.15, -0.1) is 12.4 Å². The molecule has 0 aliphatic carbocycles. The Hall–Kier alpha value is -2.82. The molecule has 4 rings (SSSR count). The van der Waals surface area contributed by atoms with E-state index in [1.54, 1.807) is 7.11 Å². The molecule has 1 heterocycles. The van der Waals surface area contributed by atoms with Gasteiger partial charge in [0.2, 0.25) is 5.91 Å². The third-order valence-corrected chi connectivity index (χ3v) is 6.56. The summed E-state index contributed by atoms with van der Waals surface area (Å²) in [6, 6.07) is 27.3. The first-order chi connectivity index (χ1) is 16.1. The predicted octanol–water partition coefficient (Wildman–Crippen LogP) is 5.66. The van der Waals surface area contributed by atoms with E-state index in [0.29, 0.717) is 13.0 Å². The van der Waals surface area contributed by atoms with Crippen molar-refractivity contribution in [3.8, 4) is 5.75 Å². The van der Waals surface area contributed by atoms with Crippen molar-refractivity contribution >= 4 is 18.3 Å². The van der Waals surface area contributed by atoms with Crippen LogP contribution in [0.1, 0.15) is 35.1 Å². The van der Waals surface area contributed by atoms with Crippen molar-refractivity contribution in [2.75, 3.05) is 20.2 Å². The maximum atomic E-state index is 13.5. The highest BCUT2D eigenvalue weighted by atomic mass is 35.5. The maximum absolute atomic E-state index is 13.5. The summed E-state index contributed by atoms with van der Waals surface area (Å²) in [5.41, 5.74) is 4.80. The van der Waals surface area contributed by atoms with Gasteiger partial charge >= 0.3 is 0 Å². The van der Waals surface area contributed by atoms with Crippen LogP contribution in [0, 0.1) is 6.92 Å². The molecule has 5 heteroatoms. The standard InChI is InChI=1S/C29H34N2O2.ClH/c1-23-8-10-26(11-9-23)22-31(29(32)20-24-12-14-28(33-2)15-13-24)27-16-18-30(19-17-27)21-25-6-4-3-5-7-25;/h3-15,27H,16-22H2,1-2H3;1H. The molecule has 0 saturated carbocycles. The van der Waals surface area contributed by atoms with Gasteiger partial charge in [0.05, 0.1) is 13.5 Å². The van der Waals surface area contributed by atoms with Crippen LogP contribution < -0.4 is 4.74 Å². The van der Waals surface area contributed by atoms with E-state index >= 15 is 0 Å². The van der Waals surface area contributed by atoms with Crippen molar-refractivity contribution in [2.24, 2.45) is 0 Å². The van der Waals surface area contributed by atoms with Gasteiger partial charge in [-0.05, 0) is 48.6 Å². The average Bonchev–Trinajstić information content (AvgIpc) is 2.85. The van der Waals surface area contributed by atoms with E-state index in [1.807, 2.05) is 24.3 Å². The van der Waals surface area contributed by atoms with E-state index in [4.69, 9.17) is 4.74 Å². The third kappa shape index (κ3) is 7.09. The number of hydrogen-bond donors (Lipinski definition) is 0. The Kier molecular flexibility index (Phi) is 9.55. The van der Waals surface area contributed by atoms with Gasteiger partial charge in [0, 0.05) is 32.2 Å². The van der Waals surface area contributed by atoms with Crippen LogP contribution in [0.3, 0.4) is 0 Å². The molecule has 1 aliphatic rings. The number of likely N-dealkylation sites (tertiary alicyclic amines) is 1. The zero-order valence-corrected chi connectivity index (χ0v) is 21.0. The molecule has 0 bridgehead atoms. The Labute approximate surface area is 210 Å². The Morgan fingerprint density at radius 3 is 2.12 bits per heavy atom. The highest BCUT2D eigenvalue weighted by Crippen LogP contribution is 2.22. The highest BCUT2D eigenvalue weighted by Gasteiger charge is 2.28. The quantitative estimate of drug-likeness (QED) is 0.418. The van der Waals surface area contributed by atoms with Crippen LogP contribution in [0.4, 0.5) is 0 Å². The van der Waals surface area contributed by atoms with Crippen LogP contribution in [0.2, 0.25) is 0 Å². The molecule has 34 heavy (non-hydrogen) atoms. The first-order valence-electron chi connectivity index (χ1n) is 11.8. The summed E-state index contributed by atoms with van der Waals surface area (Å²) in [6.45, 7) is 5.77. The number of carbonyl (C=O) groups excluding carboxylic acids is 1. The monoisotopic (exact) mass is 478 g/mol. The van der Waals surface area contributed by atoms with E-state index in [0.717, 1.165) is 43.8 Å². The Balaban J connectivity index is 0.00000324. The van der Waals surface area contributed by atoms with E-state index in [-0.39, 0.29) is 24.4 Å².